The molecule has 0 aromatic carbocycles. The van der Waals surface area contributed by atoms with Gasteiger partial charge in [-0.05, 0) is 0 Å². The predicted octanol–water partition coefficient (Wildman–Crippen LogP) is -1.52. The van der Waals surface area contributed by atoms with Crippen LogP contribution in [0.2, 0.25) is 0 Å². The fraction of sp³-hybridized carbons (Fsp3) is 0. The Balaban J connectivity index is 0. The maximum Gasteiger partial charge on any atom is 0 e. The van der Waals surface area contributed by atoms with Crippen molar-refractivity contribution < 1.29 is 93.3 Å². The normalized spacial score (nSPS) is 0. The van der Waals surface area contributed by atoms with Gasteiger partial charge in [-0.15, -0.1) is 0 Å². The van der Waals surface area contributed by atoms with Crippen LogP contribution in [-0.2, 0) is 0 Å². The van der Waals surface area contributed by atoms with E-state index in [1.807, 2.05) is 0 Å². The minimum absolute atomic E-state index is 0. The zero-order chi connectivity index (χ0) is 0. The summed E-state index contributed by atoms with van der Waals surface area (Å²) in [5.74, 6) is 0. The molecule has 0 rings (SSSR count). The monoisotopic (exact) mass is 1010 g/mol. The van der Waals surface area contributed by atoms with Crippen molar-refractivity contribution in [1.82, 2.24) is 0 Å². The van der Waals surface area contributed by atoms with Gasteiger partial charge in [-0.2, -0.15) is 0 Å². The van der Waals surface area contributed by atoms with Crippen LogP contribution in [0.4, 0.5) is 0 Å². The van der Waals surface area contributed by atoms with Crippen molar-refractivity contribution in [1.29, 1.82) is 0 Å². The van der Waals surface area contributed by atoms with Gasteiger partial charge in [0.1, 0.15) is 0 Å². The van der Waals surface area contributed by atoms with Crippen LogP contribution in [-0.4, -0.2) is 70.4 Å². The largest absolute Gasteiger partial charge is 0 e. The molecule has 0 bridgehead atoms. The Morgan fingerprint density at radius 2 is 0.286 bits per heavy atom. The van der Waals surface area contributed by atoms with Gasteiger partial charge in [-0.25, -0.2) is 0 Å². The molecule has 0 fully saturated rings. The molecule has 0 N–H and O–H groups in total. The maximum absolute atomic E-state index is 0. The first-order chi connectivity index (χ1) is 0. The molecule has 0 unspecified atom stereocenters. The van der Waals surface area contributed by atoms with Crippen LogP contribution < -0.4 is 0 Å². The summed E-state index contributed by atoms with van der Waals surface area (Å²) in [6.45, 7) is 0. The second-order valence-corrected chi connectivity index (χ2v) is 0. The molecule has 0 aromatic rings. The van der Waals surface area contributed by atoms with Crippen LogP contribution in [0.3, 0.4) is 0 Å². The summed E-state index contributed by atoms with van der Waals surface area (Å²) >= 11 is 0. The molecule has 16 radical (unpaired) electrons. The molecule has 7 heavy (non-hydrogen) atoms. The maximum atomic E-state index is 0. The Morgan fingerprint density at radius 3 is 0.286 bits per heavy atom. The topological polar surface area (TPSA) is 0 Å². The average molecular weight is 1000 g/mol. The van der Waals surface area contributed by atoms with E-state index in [-0.39, 0.29) is 164 Å². The summed E-state index contributed by atoms with van der Waals surface area (Å²) in [4.78, 5) is 0. The van der Waals surface area contributed by atoms with Gasteiger partial charge in [0.2, 0.25) is 0 Å². The van der Waals surface area contributed by atoms with Crippen molar-refractivity contribution >= 4 is 70.4 Å². The van der Waals surface area contributed by atoms with Crippen LogP contribution in [0.15, 0.2) is 0 Å². The van der Waals surface area contributed by atoms with Gasteiger partial charge >= 0.3 is 0 Å². The van der Waals surface area contributed by atoms with Crippen molar-refractivity contribution in [2.75, 3.05) is 0 Å². The van der Waals surface area contributed by atoms with E-state index in [9.17, 15) is 0 Å². The summed E-state index contributed by atoms with van der Waals surface area (Å²) in [5, 5.41) is 0. The average Bonchev–Trinajstić information content (AvgIpc) is 0. The van der Waals surface area contributed by atoms with Crippen molar-refractivity contribution in [2.45, 2.75) is 0 Å². The molecular formula is Ge4U3. The molecule has 0 spiro atoms. The molecule has 0 saturated carbocycles. The van der Waals surface area contributed by atoms with Crippen LogP contribution >= 0.6 is 0 Å². The molecule has 0 aromatic heterocycles. The molecule has 0 nitrogen and oxygen atoms in total. The van der Waals surface area contributed by atoms with Gasteiger partial charge in [0.15, 0.2) is 0 Å². The van der Waals surface area contributed by atoms with Crippen LogP contribution in [0.25, 0.3) is 0 Å². The summed E-state index contributed by atoms with van der Waals surface area (Å²) in [6, 6.07) is 0. The fourth-order valence-corrected chi connectivity index (χ4v) is 0. The van der Waals surface area contributed by atoms with Gasteiger partial charge in [-0.3, -0.25) is 0 Å². The van der Waals surface area contributed by atoms with E-state index in [0.29, 0.717) is 0 Å². The SMILES string of the molecule is [Ge].[Ge].[Ge].[Ge].[U].[U].[U]. The van der Waals surface area contributed by atoms with E-state index >= 15 is 0 Å². The van der Waals surface area contributed by atoms with E-state index in [1.165, 1.54) is 0 Å². The number of hydrogen-bond acceptors (Lipinski definition) is 0. The molecule has 0 aliphatic heterocycles. The van der Waals surface area contributed by atoms with E-state index in [2.05, 4.69) is 0 Å². The number of rotatable bonds is 0. The third kappa shape index (κ3) is 34.7. The zero-order valence-electron chi connectivity index (χ0n) is 3.50. The Morgan fingerprint density at radius 1 is 0.286 bits per heavy atom. The van der Waals surface area contributed by atoms with Gasteiger partial charge in [0, 0.05) is 164 Å². The minimum atomic E-state index is 0. The first kappa shape index (κ1) is 55.7. The van der Waals surface area contributed by atoms with Crippen LogP contribution in [0, 0.1) is 93.3 Å². The summed E-state index contributed by atoms with van der Waals surface area (Å²) < 4.78 is 0. The summed E-state index contributed by atoms with van der Waals surface area (Å²) in [6.07, 6.45) is 0. The molecule has 0 heterocycles. The molecule has 28 valence electrons. The van der Waals surface area contributed by atoms with Crippen molar-refractivity contribution in [3.63, 3.8) is 0 Å². The third-order valence-corrected chi connectivity index (χ3v) is 0. The molecule has 7 heteroatoms. The molecule has 0 aliphatic carbocycles. The molecule has 0 amide bonds. The second kappa shape index (κ2) is 42.6. The van der Waals surface area contributed by atoms with E-state index in [0.717, 1.165) is 0 Å². The van der Waals surface area contributed by atoms with E-state index < -0.39 is 0 Å². The minimum Gasteiger partial charge on any atom is 0 e. The van der Waals surface area contributed by atoms with Gasteiger partial charge in [0.25, 0.3) is 0 Å². The van der Waals surface area contributed by atoms with E-state index in [4.69, 9.17) is 0 Å². The van der Waals surface area contributed by atoms with Crippen LogP contribution in [0.5, 0.6) is 0 Å². The van der Waals surface area contributed by atoms with Gasteiger partial charge in [-0.1, -0.05) is 0 Å². The van der Waals surface area contributed by atoms with Crippen LogP contribution in [0.1, 0.15) is 0 Å². The third-order valence-electron chi connectivity index (χ3n) is 0. The predicted molar refractivity (Wildman–Crippen MR) is 23.0 cm³/mol. The Hall–Kier alpha value is 5.33. The Bertz CT molecular complexity index is 6.90. The summed E-state index contributed by atoms with van der Waals surface area (Å²) in [7, 11) is 0. The molecular weight excluding hydrogens is 1000 g/mol. The summed E-state index contributed by atoms with van der Waals surface area (Å²) in [5.41, 5.74) is 0. The standard InChI is InChI=1S/4Ge.3U. The molecule has 0 aliphatic rings. The second-order valence-electron chi connectivity index (χ2n) is 0. The van der Waals surface area contributed by atoms with Gasteiger partial charge < -0.3 is 0 Å². The van der Waals surface area contributed by atoms with Crippen molar-refractivity contribution in [2.24, 2.45) is 0 Å². The van der Waals surface area contributed by atoms with E-state index in [1.54, 1.807) is 0 Å². The first-order valence-corrected chi connectivity index (χ1v) is 0. The smallest absolute Gasteiger partial charge is 0 e. The quantitative estimate of drug-likeness (QED) is 0.259. The van der Waals surface area contributed by atoms with Gasteiger partial charge in [0.05, 0.1) is 0 Å². The Labute approximate surface area is 159 Å². The zero-order valence-corrected chi connectivity index (χ0v) is 24.4. The molecule has 0 atom stereocenters. The Kier molecular flexibility index (Phi) is 339. The first-order valence-electron chi connectivity index (χ1n) is 0. The van der Waals surface area contributed by atoms with Crippen molar-refractivity contribution in [3.05, 3.63) is 0 Å². The van der Waals surface area contributed by atoms with Crippen molar-refractivity contribution in [3.8, 4) is 0 Å². The molecule has 0 saturated heterocycles. The fourth-order valence-electron chi connectivity index (χ4n) is 0. The number of hydrogen-bond donors (Lipinski definition) is 0.